The number of nitrogens with zero attached hydrogens (tertiary/aromatic N) is 2. The number of urea groups is 1. The smallest absolute Gasteiger partial charge is 0.324 e. The van der Waals surface area contributed by atoms with Gasteiger partial charge in [-0.15, -0.1) is 11.3 Å². The van der Waals surface area contributed by atoms with Gasteiger partial charge in [0.25, 0.3) is 0 Å². The van der Waals surface area contributed by atoms with E-state index >= 15 is 0 Å². The maximum Gasteiger partial charge on any atom is 0.324 e. The van der Waals surface area contributed by atoms with Gasteiger partial charge in [0.05, 0.1) is 24.5 Å². The second kappa shape index (κ2) is 7.41. The first-order valence-corrected chi connectivity index (χ1v) is 8.27. The summed E-state index contributed by atoms with van der Waals surface area (Å²) < 4.78 is 5.54. The number of amides is 3. The Kier molecular flexibility index (Phi) is 5.57. The molecule has 1 aromatic rings. The summed E-state index contributed by atoms with van der Waals surface area (Å²) in [6, 6.07) is -0.345. The summed E-state index contributed by atoms with van der Waals surface area (Å²) in [5.74, 6) is -0.402. The molecule has 0 aromatic carbocycles. The van der Waals surface area contributed by atoms with Gasteiger partial charge in [0.15, 0.2) is 4.34 Å². The van der Waals surface area contributed by atoms with E-state index in [1.807, 2.05) is 0 Å². The van der Waals surface area contributed by atoms with Gasteiger partial charge in [-0.1, -0.05) is 11.8 Å². The van der Waals surface area contributed by atoms with Crippen LogP contribution in [0.15, 0.2) is 9.72 Å². The summed E-state index contributed by atoms with van der Waals surface area (Å²) in [4.78, 5) is 40.0. The predicted molar refractivity (Wildman–Crippen MR) is 78.3 cm³/mol. The number of carbonyl (C=O) groups excluding carboxylic acids is 3. The van der Waals surface area contributed by atoms with Gasteiger partial charge in [-0.2, -0.15) is 0 Å². The van der Waals surface area contributed by atoms with E-state index in [1.54, 1.807) is 12.3 Å². The molecule has 0 unspecified atom stereocenters. The molecule has 7 nitrogen and oxygen atoms in total. The van der Waals surface area contributed by atoms with Crippen LogP contribution in [0, 0.1) is 0 Å². The van der Waals surface area contributed by atoms with E-state index in [9.17, 15) is 14.4 Å². The number of carbonyl (C=O) groups is 3. The normalized spacial score (nSPS) is 14.1. The minimum atomic E-state index is -0.345. The van der Waals surface area contributed by atoms with Crippen molar-refractivity contribution in [3.63, 3.8) is 0 Å². The highest BCUT2D eigenvalue weighted by Gasteiger charge is 2.26. The molecule has 1 N–H and O–H groups in total. The Morgan fingerprint density at radius 1 is 1.57 bits per heavy atom. The minimum absolute atomic E-state index is 0.132. The fraction of sp³-hybridized carbons (Fsp3) is 0.500. The van der Waals surface area contributed by atoms with E-state index in [0.29, 0.717) is 29.7 Å². The second-order valence-corrected chi connectivity index (χ2v) is 6.23. The Morgan fingerprint density at radius 3 is 3.05 bits per heavy atom. The first-order valence-electron chi connectivity index (χ1n) is 6.41. The van der Waals surface area contributed by atoms with Crippen molar-refractivity contribution in [3.8, 4) is 0 Å². The number of esters is 1. The molecule has 114 valence electrons. The van der Waals surface area contributed by atoms with Crippen LogP contribution < -0.4 is 5.32 Å². The van der Waals surface area contributed by atoms with Crippen LogP contribution in [-0.4, -0.2) is 53.2 Å². The SMILES string of the molecule is CCOC(=O)Cc1csc(SCC(=O)N2CCNC2=O)n1. The zero-order valence-corrected chi connectivity index (χ0v) is 13.1. The Hall–Kier alpha value is -1.61. The van der Waals surface area contributed by atoms with E-state index in [1.165, 1.54) is 28.0 Å². The minimum Gasteiger partial charge on any atom is -0.466 e. The molecule has 1 aromatic heterocycles. The summed E-state index contributed by atoms with van der Waals surface area (Å²) >= 11 is 2.63. The highest BCUT2D eigenvalue weighted by Crippen LogP contribution is 2.23. The number of rotatable bonds is 6. The topological polar surface area (TPSA) is 88.6 Å². The maximum absolute atomic E-state index is 11.8. The lowest BCUT2D eigenvalue weighted by Crippen LogP contribution is -2.35. The maximum atomic E-state index is 11.8. The van der Waals surface area contributed by atoms with Gasteiger partial charge in [-0.3, -0.25) is 14.5 Å². The van der Waals surface area contributed by atoms with Crippen molar-refractivity contribution in [2.24, 2.45) is 0 Å². The standard InChI is InChI=1S/C12H15N3O4S2/c1-2-19-10(17)5-8-6-20-12(14-8)21-7-9(16)15-4-3-13-11(15)18/h6H,2-5,7H2,1H3,(H,13,18). The van der Waals surface area contributed by atoms with Gasteiger partial charge in [0.1, 0.15) is 0 Å². The van der Waals surface area contributed by atoms with E-state index in [0.717, 1.165) is 0 Å². The third kappa shape index (κ3) is 4.43. The summed E-state index contributed by atoms with van der Waals surface area (Å²) in [5, 5.41) is 4.35. The molecular weight excluding hydrogens is 314 g/mol. The van der Waals surface area contributed by atoms with Crippen LogP contribution in [0.1, 0.15) is 12.6 Å². The van der Waals surface area contributed by atoms with Gasteiger partial charge in [-0.05, 0) is 6.92 Å². The Balaban J connectivity index is 1.81. The molecule has 0 aliphatic carbocycles. The average Bonchev–Trinajstić information content (AvgIpc) is 3.05. The van der Waals surface area contributed by atoms with E-state index in [-0.39, 0.29) is 30.1 Å². The third-order valence-corrected chi connectivity index (χ3v) is 4.69. The molecule has 2 heterocycles. The number of thioether (sulfide) groups is 1. The molecule has 0 bridgehead atoms. The van der Waals surface area contributed by atoms with Crippen LogP contribution in [0.4, 0.5) is 4.79 Å². The molecule has 1 saturated heterocycles. The Labute approximate surface area is 130 Å². The molecule has 21 heavy (non-hydrogen) atoms. The molecular formula is C12H15N3O4S2. The quantitative estimate of drug-likeness (QED) is 0.616. The van der Waals surface area contributed by atoms with Crippen molar-refractivity contribution in [1.82, 2.24) is 15.2 Å². The number of ether oxygens (including phenoxy) is 1. The molecule has 9 heteroatoms. The molecule has 1 aliphatic rings. The molecule has 0 atom stereocenters. The number of aromatic nitrogens is 1. The highest BCUT2D eigenvalue weighted by molar-refractivity contribution is 8.01. The lowest BCUT2D eigenvalue weighted by Gasteiger charge is -2.10. The van der Waals surface area contributed by atoms with Crippen molar-refractivity contribution < 1.29 is 19.1 Å². The first-order chi connectivity index (χ1) is 10.1. The third-order valence-electron chi connectivity index (χ3n) is 2.64. The van der Waals surface area contributed by atoms with Crippen molar-refractivity contribution in [1.29, 1.82) is 0 Å². The second-order valence-electron chi connectivity index (χ2n) is 4.15. The van der Waals surface area contributed by atoms with Gasteiger partial charge in [0, 0.05) is 18.5 Å². The fourth-order valence-corrected chi connectivity index (χ4v) is 3.43. The van der Waals surface area contributed by atoms with Crippen LogP contribution in [0.3, 0.4) is 0 Å². The van der Waals surface area contributed by atoms with Gasteiger partial charge >= 0.3 is 12.0 Å². The van der Waals surface area contributed by atoms with Crippen molar-refractivity contribution >= 4 is 41.0 Å². The molecule has 2 rings (SSSR count). The molecule has 0 radical (unpaired) electrons. The lowest BCUT2D eigenvalue weighted by atomic mass is 10.3. The molecule has 3 amide bonds. The molecule has 1 fully saturated rings. The number of nitrogens with one attached hydrogen (secondary N) is 1. The first kappa shape index (κ1) is 15.8. The largest absolute Gasteiger partial charge is 0.466 e. The summed E-state index contributed by atoms with van der Waals surface area (Å²) in [7, 11) is 0. The summed E-state index contributed by atoms with van der Waals surface area (Å²) in [6.45, 7) is 3.00. The zero-order valence-electron chi connectivity index (χ0n) is 11.5. The fourth-order valence-electron chi connectivity index (χ4n) is 1.71. The van der Waals surface area contributed by atoms with Crippen LogP contribution in [0.5, 0.6) is 0 Å². The van der Waals surface area contributed by atoms with Crippen molar-refractivity contribution in [2.45, 2.75) is 17.7 Å². The zero-order chi connectivity index (χ0) is 15.2. The van der Waals surface area contributed by atoms with Crippen molar-refractivity contribution in [3.05, 3.63) is 11.1 Å². The molecule has 0 saturated carbocycles. The Morgan fingerprint density at radius 2 is 2.38 bits per heavy atom. The van der Waals surface area contributed by atoms with Crippen LogP contribution in [-0.2, 0) is 20.7 Å². The van der Waals surface area contributed by atoms with Gasteiger partial charge in [0.2, 0.25) is 5.91 Å². The van der Waals surface area contributed by atoms with E-state index < -0.39 is 0 Å². The van der Waals surface area contributed by atoms with Gasteiger partial charge in [-0.25, -0.2) is 9.78 Å². The number of thiazole rings is 1. The van der Waals surface area contributed by atoms with Crippen LogP contribution >= 0.6 is 23.1 Å². The number of hydrogen-bond acceptors (Lipinski definition) is 7. The van der Waals surface area contributed by atoms with Gasteiger partial charge < -0.3 is 10.1 Å². The van der Waals surface area contributed by atoms with Crippen LogP contribution in [0.25, 0.3) is 0 Å². The Bertz CT molecular complexity index is 546. The average molecular weight is 329 g/mol. The van der Waals surface area contributed by atoms with Crippen molar-refractivity contribution in [2.75, 3.05) is 25.4 Å². The molecule has 0 spiro atoms. The number of hydrogen-bond donors (Lipinski definition) is 1. The summed E-state index contributed by atoms with van der Waals surface area (Å²) in [5.41, 5.74) is 0.632. The van der Waals surface area contributed by atoms with E-state index in [2.05, 4.69) is 10.3 Å². The van der Waals surface area contributed by atoms with Crippen LogP contribution in [0.2, 0.25) is 0 Å². The molecule has 1 aliphatic heterocycles. The highest BCUT2D eigenvalue weighted by atomic mass is 32.2. The summed E-state index contributed by atoms with van der Waals surface area (Å²) in [6.07, 6.45) is 0.132. The van der Waals surface area contributed by atoms with E-state index in [4.69, 9.17) is 4.74 Å². The number of imide groups is 1. The lowest BCUT2D eigenvalue weighted by molar-refractivity contribution is -0.142. The monoisotopic (exact) mass is 329 g/mol. The predicted octanol–water partition coefficient (Wildman–Crippen LogP) is 0.893.